The quantitative estimate of drug-likeness (QED) is 0.660. The molecule has 0 unspecified atom stereocenters. The summed E-state index contributed by atoms with van der Waals surface area (Å²) in [4.78, 5) is 13.3. The number of anilines is 1. The van der Waals surface area contributed by atoms with Crippen molar-refractivity contribution >= 4 is 23.5 Å². The molecule has 1 N–H and O–H groups in total. The van der Waals surface area contributed by atoms with Crippen LogP contribution in [0, 0.1) is 13.8 Å². The number of amides is 1. The van der Waals surface area contributed by atoms with E-state index in [0.717, 1.165) is 11.4 Å². The maximum Gasteiger partial charge on any atom is 0.226 e. The van der Waals surface area contributed by atoms with Gasteiger partial charge in [-0.15, -0.1) is 11.8 Å². The van der Waals surface area contributed by atoms with Crippen LogP contribution in [0.25, 0.3) is 5.69 Å². The number of aromatic nitrogens is 2. The van der Waals surface area contributed by atoms with Gasteiger partial charge in [0, 0.05) is 29.3 Å². The van der Waals surface area contributed by atoms with E-state index in [0.29, 0.717) is 12.2 Å². The molecule has 0 saturated carbocycles. The van der Waals surface area contributed by atoms with E-state index in [1.165, 1.54) is 16.0 Å². The smallest absolute Gasteiger partial charge is 0.226 e. The summed E-state index contributed by atoms with van der Waals surface area (Å²) in [6.45, 7) is 4.21. The number of nitrogens with one attached hydrogen (secondary N) is 1. The number of rotatable bonds is 6. The highest BCUT2D eigenvalue weighted by atomic mass is 32.2. The Balaban J connectivity index is 1.49. The molecule has 0 aliphatic heterocycles. The van der Waals surface area contributed by atoms with Crippen LogP contribution >= 0.6 is 11.8 Å². The molecule has 3 aromatic rings. The Kier molecular flexibility index (Phi) is 5.56. The van der Waals surface area contributed by atoms with Crippen molar-refractivity contribution < 1.29 is 4.79 Å². The van der Waals surface area contributed by atoms with Gasteiger partial charge in [0.1, 0.15) is 0 Å². The Morgan fingerprint density at radius 2 is 1.88 bits per heavy atom. The summed E-state index contributed by atoms with van der Waals surface area (Å²) in [6, 6.07) is 18.0. The second-order valence-corrected chi connectivity index (χ2v) is 7.04. The molecule has 1 aromatic heterocycles. The third-order valence-electron chi connectivity index (χ3n) is 3.95. The van der Waals surface area contributed by atoms with Crippen LogP contribution in [0.3, 0.4) is 0 Å². The SMILES string of the molecule is Cc1ccc(SCCC(=O)Nc2ccn(-c3ccccc3)n2)cc1C. The number of thioether (sulfide) groups is 1. The van der Waals surface area contributed by atoms with Crippen molar-refractivity contribution in [2.75, 3.05) is 11.1 Å². The van der Waals surface area contributed by atoms with Gasteiger partial charge in [-0.3, -0.25) is 4.79 Å². The fourth-order valence-electron chi connectivity index (χ4n) is 2.39. The van der Waals surface area contributed by atoms with Gasteiger partial charge in [0.15, 0.2) is 5.82 Å². The highest BCUT2D eigenvalue weighted by molar-refractivity contribution is 7.99. The summed E-state index contributed by atoms with van der Waals surface area (Å²) in [5.74, 6) is 1.30. The van der Waals surface area contributed by atoms with Gasteiger partial charge in [-0.1, -0.05) is 24.3 Å². The number of benzene rings is 2. The Hall–Kier alpha value is -2.53. The van der Waals surface area contributed by atoms with Crippen LogP contribution in [-0.4, -0.2) is 21.4 Å². The first-order chi connectivity index (χ1) is 12.1. The Labute approximate surface area is 152 Å². The van der Waals surface area contributed by atoms with E-state index in [-0.39, 0.29) is 5.91 Å². The van der Waals surface area contributed by atoms with E-state index < -0.39 is 0 Å². The number of para-hydroxylation sites is 1. The minimum Gasteiger partial charge on any atom is -0.309 e. The van der Waals surface area contributed by atoms with Gasteiger partial charge in [-0.05, 0) is 49.2 Å². The predicted octanol–water partition coefficient (Wildman–Crippen LogP) is 4.61. The van der Waals surface area contributed by atoms with Crippen molar-refractivity contribution in [2.24, 2.45) is 0 Å². The van der Waals surface area contributed by atoms with Crippen molar-refractivity contribution in [3.05, 3.63) is 71.9 Å². The Morgan fingerprint density at radius 1 is 1.08 bits per heavy atom. The summed E-state index contributed by atoms with van der Waals surface area (Å²) < 4.78 is 1.75. The summed E-state index contributed by atoms with van der Waals surface area (Å²) >= 11 is 1.70. The maximum absolute atomic E-state index is 12.1. The lowest BCUT2D eigenvalue weighted by Crippen LogP contribution is -2.12. The first-order valence-corrected chi connectivity index (χ1v) is 9.21. The average Bonchev–Trinajstić information content (AvgIpc) is 3.07. The molecule has 2 aromatic carbocycles. The first-order valence-electron chi connectivity index (χ1n) is 8.23. The molecule has 0 aliphatic carbocycles. The molecule has 128 valence electrons. The maximum atomic E-state index is 12.1. The van der Waals surface area contributed by atoms with Crippen molar-refractivity contribution in [3.8, 4) is 5.69 Å². The van der Waals surface area contributed by atoms with Crippen molar-refractivity contribution in [1.29, 1.82) is 0 Å². The van der Waals surface area contributed by atoms with Crippen molar-refractivity contribution in [2.45, 2.75) is 25.2 Å². The second kappa shape index (κ2) is 8.03. The Bertz CT molecular complexity index is 858. The van der Waals surface area contributed by atoms with E-state index in [9.17, 15) is 4.79 Å². The molecule has 0 saturated heterocycles. The van der Waals surface area contributed by atoms with Crippen LogP contribution in [0.15, 0.2) is 65.7 Å². The standard InChI is InChI=1S/C20H21N3OS/c1-15-8-9-18(14-16(15)2)25-13-11-20(24)21-19-10-12-23(22-19)17-6-4-3-5-7-17/h3-10,12,14H,11,13H2,1-2H3,(H,21,22,24). The molecule has 1 amide bonds. The second-order valence-electron chi connectivity index (χ2n) is 5.87. The normalized spacial score (nSPS) is 10.6. The summed E-state index contributed by atoms with van der Waals surface area (Å²) in [5, 5.41) is 7.24. The number of carbonyl (C=O) groups excluding carboxylic acids is 1. The zero-order valence-electron chi connectivity index (χ0n) is 14.4. The number of aryl methyl sites for hydroxylation is 2. The fraction of sp³-hybridized carbons (Fsp3) is 0.200. The van der Waals surface area contributed by atoms with Gasteiger partial charge in [0.2, 0.25) is 5.91 Å². The van der Waals surface area contributed by atoms with Crippen LogP contribution in [0.2, 0.25) is 0 Å². The molecule has 25 heavy (non-hydrogen) atoms. The van der Waals surface area contributed by atoms with Gasteiger partial charge < -0.3 is 5.32 Å². The first kappa shape index (κ1) is 17.3. The van der Waals surface area contributed by atoms with Crippen LogP contribution in [0.5, 0.6) is 0 Å². The predicted molar refractivity (Wildman–Crippen MR) is 103 cm³/mol. The van der Waals surface area contributed by atoms with Crippen LogP contribution in [-0.2, 0) is 4.79 Å². The van der Waals surface area contributed by atoms with Gasteiger partial charge in [-0.25, -0.2) is 4.68 Å². The number of nitrogens with zero attached hydrogens (tertiary/aromatic N) is 2. The average molecular weight is 351 g/mol. The molecule has 0 fully saturated rings. The third-order valence-corrected chi connectivity index (χ3v) is 4.95. The molecule has 0 spiro atoms. The minimum atomic E-state index is -0.0188. The summed E-state index contributed by atoms with van der Waals surface area (Å²) in [7, 11) is 0. The fourth-order valence-corrected chi connectivity index (χ4v) is 3.33. The van der Waals surface area contributed by atoms with Crippen LogP contribution < -0.4 is 5.32 Å². The van der Waals surface area contributed by atoms with Crippen molar-refractivity contribution in [3.63, 3.8) is 0 Å². The lowest BCUT2D eigenvalue weighted by atomic mass is 10.1. The van der Waals surface area contributed by atoms with Crippen molar-refractivity contribution in [1.82, 2.24) is 9.78 Å². The molecular formula is C20H21N3OS. The lowest BCUT2D eigenvalue weighted by Gasteiger charge is -2.05. The molecule has 5 heteroatoms. The molecule has 0 aliphatic rings. The number of hydrogen-bond donors (Lipinski definition) is 1. The number of hydrogen-bond acceptors (Lipinski definition) is 3. The highest BCUT2D eigenvalue weighted by Gasteiger charge is 2.06. The molecule has 3 rings (SSSR count). The van der Waals surface area contributed by atoms with Crippen LogP contribution in [0.4, 0.5) is 5.82 Å². The molecular weight excluding hydrogens is 330 g/mol. The van der Waals surface area contributed by atoms with E-state index in [2.05, 4.69) is 42.5 Å². The summed E-state index contributed by atoms with van der Waals surface area (Å²) in [6.07, 6.45) is 2.30. The molecule has 0 radical (unpaired) electrons. The van der Waals surface area contributed by atoms with E-state index in [1.54, 1.807) is 22.5 Å². The van der Waals surface area contributed by atoms with Gasteiger partial charge >= 0.3 is 0 Å². The molecule has 0 atom stereocenters. The van der Waals surface area contributed by atoms with Gasteiger partial charge in [0.05, 0.1) is 5.69 Å². The van der Waals surface area contributed by atoms with E-state index in [4.69, 9.17) is 0 Å². The zero-order valence-corrected chi connectivity index (χ0v) is 15.2. The molecule has 4 nitrogen and oxygen atoms in total. The van der Waals surface area contributed by atoms with Crippen LogP contribution in [0.1, 0.15) is 17.5 Å². The minimum absolute atomic E-state index is 0.0188. The monoisotopic (exact) mass is 351 g/mol. The van der Waals surface area contributed by atoms with Gasteiger partial charge in [-0.2, -0.15) is 5.10 Å². The highest BCUT2D eigenvalue weighted by Crippen LogP contribution is 2.21. The van der Waals surface area contributed by atoms with E-state index >= 15 is 0 Å². The lowest BCUT2D eigenvalue weighted by molar-refractivity contribution is -0.115. The molecule has 0 bridgehead atoms. The zero-order chi connectivity index (χ0) is 17.6. The number of carbonyl (C=O) groups is 1. The van der Waals surface area contributed by atoms with E-state index in [1.807, 2.05) is 36.5 Å². The summed E-state index contributed by atoms with van der Waals surface area (Å²) in [5.41, 5.74) is 3.53. The Morgan fingerprint density at radius 3 is 2.64 bits per heavy atom. The topological polar surface area (TPSA) is 46.9 Å². The largest absolute Gasteiger partial charge is 0.309 e. The molecule has 1 heterocycles. The third kappa shape index (κ3) is 4.73. The van der Waals surface area contributed by atoms with Gasteiger partial charge in [0.25, 0.3) is 0 Å².